The molecule has 1 aromatic rings. The molecule has 2 fully saturated rings. The van der Waals surface area contributed by atoms with Crippen LogP contribution in [0, 0.1) is 5.92 Å². The fourth-order valence-electron chi connectivity index (χ4n) is 3.94. The number of piperidine rings is 1. The first kappa shape index (κ1) is 21.6. The van der Waals surface area contributed by atoms with Crippen LogP contribution < -0.4 is 10.2 Å². The van der Waals surface area contributed by atoms with Crippen LogP contribution in [0.4, 0.5) is 5.69 Å². The van der Waals surface area contributed by atoms with E-state index < -0.39 is 0 Å². The quantitative estimate of drug-likeness (QED) is 0.410. The second-order valence-electron chi connectivity index (χ2n) is 7.74. The molecular formula is C22H34N4O3. The van der Waals surface area contributed by atoms with Crippen molar-refractivity contribution in [2.75, 3.05) is 58.5 Å². The molecule has 2 aliphatic heterocycles. The van der Waals surface area contributed by atoms with Crippen molar-refractivity contribution in [1.29, 1.82) is 0 Å². The number of guanidine groups is 1. The molecule has 160 valence electrons. The summed E-state index contributed by atoms with van der Waals surface area (Å²) in [6, 6.07) is 8.28. The van der Waals surface area contributed by atoms with Crippen LogP contribution in [0.2, 0.25) is 0 Å². The number of ether oxygens (including phenoxy) is 2. The number of benzene rings is 1. The summed E-state index contributed by atoms with van der Waals surface area (Å²) in [6.07, 6.45) is 3.87. The van der Waals surface area contributed by atoms with Crippen molar-refractivity contribution in [3.63, 3.8) is 0 Å². The van der Waals surface area contributed by atoms with E-state index in [9.17, 15) is 4.79 Å². The Morgan fingerprint density at radius 2 is 2.03 bits per heavy atom. The average molecular weight is 403 g/mol. The zero-order valence-corrected chi connectivity index (χ0v) is 17.7. The van der Waals surface area contributed by atoms with Gasteiger partial charge < -0.3 is 24.6 Å². The van der Waals surface area contributed by atoms with Gasteiger partial charge in [-0.1, -0.05) is 12.1 Å². The van der Waals surface area contributed by atoms with Gasteiger partial charge in [-0.3, -0.25) is 9.79 Å². The highest BCUT2D eigenvalue weighted by molar-refractivity contribution is 5.93. The lowest BCUT2D eigenvalue weighted by molar-refractivity contribution is -0.119. The van der Waals surface area contributed by atoms with E-state index in [1.807, 2.05) is 24.1 Å². The zero-order chi connectivity index (χ0) is 20.5. The fourth-order valence-corrected chi connectivity index (χ4v) is 3.94. The Hall–Kier alpha value is -2.12. The van der Waals surface area contributed by atoms with Gasteiger partial charge in [-0.2, -0.15) is 0 Å². The van der Waals surface area contributed by atoms with Gasteiger partial charge in [0.1, 0.15) is 0 Å². The van der Waals surface area contributed by atoms with Crippen LogP contribution in [0.5, 0.6) is 0 Å². The smallest absolute Gasteiger partial charge is 0.226 e. The van der Waals surface area contributed by atoms with Crippen molar-refractivity contribution in [2.24, 2.45) is 10.9 Å². The molecule has 2 saturated heterocycles. The average Bonchev–Trinajstić information content (AvgIpc) is 3.21. The molecule has 1 unspecified atom stereocenters. The van der Waals surface area contributed by atoms with Gasteiger partial charge in [-0.05, 0) is 37.0 Å². The van der Waals surface area contributed by atoms with E-state index in [0.29, 0.717) is 32.1 Å². The maximum Gasteiger partial charge on any atom is 0.226 e. The zero-order valence-electron chi connectivity index (χ0n) is 17.7. The molecule has 1 atom stereocenters. The van der Waals surface area contributed by atoms with E-state index in [4.69, 9.17) is 9.47 Å². The summed E-state index contributed by atoms with van der Waals surface area (Å²) in [5.74, 6) is 1.70. The molecule has 0 radical (unpaired) electrons. The molecule has 2 heterocycles. The van der Waals surface area contributed by atoms with Crippen LogP contribution in [0.25, 0.3) is 0 Å². The van der Waals surface area contributed by atoms with Gasteiger partial charge in [0.2, 0.25) is 5.91 Å². The van der Waals surface area contributed by atoms with Gasteiger partial charge in [-0.25, -0.2) is 0 Å². The molecule has 1 amide bonds. The monoisotopic (exact) mass is 402 g/mol. The standard InChI is InChI=1S/C22H34N4O3/c1-23-22(25-12-10-19(16-25)17-29-14-13-28-2)24-15-18-6-8-20(9-7-18)26-11-4-3-5-21(26)27/h6-9,19H,3-5,10-17H2,1-2H3,(H,23,24). The molecule has 0 saturated carbocycles. The number of amides is 1. The number of likely N-dealkylation sites (tertiary alicyclic amines) is 1. The highest BCUT2D eigenvalue weighted by atomic mass is 16.5. The molecule has 3 rings (SSSR count). The van der Waals surface area contributed by atoms with Crippen molar-refractivity contribution < 1.29 is 14.3 Å². The maximum atomic E-state index is 12.1. The van der Waals surface area contributed by atoms with Crippen LogP contribution in [0.1, 0.15) is 31.2 Å². The SMILES string of the molecule is CN=C(NCc1ccc(N2CCCCC2=O)cc1)N1CCC(COCCOC)C1. The predicted octanol–water partition coefficient (Wildman–Crippen LogP) is 2.26. The minimum atomic E-state index is 0.234. The van der Waals surface area contributed by atoms with Gasteiger partial charge in [0, 0.05) is 58.4 Å². The Morgan fingerprint density at radius 3 is 2.76 bits per heavy atom. The Balaban J connectivity index is 1.45. The number of methoxy groups -OCH3 is 1. The minimum absolute atomic E-state index is 0.234. The van der Waals surface area contributed by atoms with Crippen molar-refractivity contribution in [3.8, 4) is 0 Å². The van der Waals surface area contributed by atoms with Crippen molar-refractivity contribution in [2.45, 2.75) is 32.2 Å². The minimum Gasteiger partial charge on any atom is -0.382 e. The maximum absolute atomic E-state index is 12.1. The van der Waals surface area contributed by atoms with Crippen LogP contribution >= 0.6 is 0 Å². The number of anilines is 1. The molecule has 0 spiro atoms. The molecule has 2 aliphatic rings. The number of aliphatic imine (C=N–C) groups is 1. The highest BCUT2D eigenvalue weighted by Crippen LogP contribution is 2.21. The van der Waals surface area contributed by atoms with E-state index >= 15 is 0 Å². The van der Waals surface area contributed by atoms with E-state index in [1.165, 1.54) is 5.56 Å². The summed E-state index contributed by atoms with van der Waals surface area (Å²) in [5.41, 5.74) is 2.18. The van der Waals surface area contributed by atoms with E-state index in [-0.39, 0.29) is 5.91 Å². The lowest BCUT2D eigenvalue weighted by Crippen LogP contribution is -2.39. The topological polar surface area (TPSA) is 66.4 Å². The first-order valence-electron chi connectivity index (χ1n) is 10.6. The number of hydrogen-bond acceptors (Lipinski definition) is 4. The molecule has 0 aliphatic carbocycles. The van der Waals surface area contributed by atoms with E-state index in [1.54, 1.807) is 7.11 Å². The summed E-state index contributed by atoms with van der Waals surface area (Å²) in [6.45, 7) is 5.56. The van der Waals surface area contributed by atoms with Gasteiger partial charge in [-0.15, -0.1) is 0 Å². The van der Waals surface area contributed by atoms with Crippen molar-refractivity contribution in [3.05, 3.63) is 29.8 Å². The Kier molecular flexibility index (Phi) is 8.31. The molecule has 29 heavy (non-hydrogen) atoms. The van der Waals surface area contributed by atoms with Crippen LogP contribution in [-0.2, 0) is 20.8 Å². The number of nitrogens with one attached hydrogen (secondary N) is 1. The Bertz CT molecular complexity index is 677. The first-order chi connectivity index (χ1) is 14.2. The summed E-state index contributed by atoms with van der Waals surface area (Å²) in [4.78, 5) is 20.7. The van der Waals surface area contributed by atoms with Gasteiger partial charge in [0.15, 0.2) is 5.96 Å². The Morgan fingerprint density at radius 1 is 1.21 bits per heavy atom. The highest BCUT2D eigenvalue weighted by Gasteiger charge is 2.25. The van der Waals surface area contributed by atoms with E-state index in [2.05, 4.69) is 27.3 Å². The normalized spacial score (nSPS) is 20.4. The largest absolute Gasteiger partial charge is 0.382 e. The van der Waals surface area contributed by atoms with Gasteiger partial charge in [0.25, 0.3) is 0 Å². The summed E-state index contributed by atoms with van der Waals surface area (Å²) in [7, 11) is 3.52. The van der Waals surface area contributed by atoms with Crippen molar-refractivity contribution in [1.82, 2.24) is 10.2 Å². The molecule has 1 aromatic carbocycles. The number of nitrogens with zero attached hydrogens (tertiary/aromatic N) is 3. The van der Waals surface area contributed by atoms with Crippen LogP contribution in [0.3, 0.4) is 0 Å². The summed E-state index contributed by atoms with van der Waals surface area (Å²) >= 11 is 0. The first-order valence-corrected chi connectivity index (χ1v) is 10.6. The molecular weight excluding hydrogens is 368 g/mol. The van der Waals surface area contributed by atoms with Gasteiger partial charge in [0.05, 0.1) is 19.8 Å². The molecule has 7 nitrogen and oxygen atoms in total. The van der Waals surface area contributed by atoms with Crippen LogP contribution in [0.15, 0.2) is 29.3 Å². The van der Waals surface area contributed by atoms with Crippen molar-refractivity contribution >= 4 is 17.6 Å². The number of carbonyl (C=O) groups is 1. The van der Waals surface area contributed by atoms with E-state index in [0.717, 1.165) is 57.2 Å². The lowest BCUT2D eigenvalue weighted by atomic mass is 10.1. The third-order valence-corrected chi connectivity index (χ3v) is 5.60. The van der Waals surface area contributed by atoms with Gasteiger partial charge >= 0.3 is 0 Å². The number of hydrogen-bond donors (Lipinski definition) is 1. The third kappa shape index (κ3) is 6.18. The summed E-state index contributed by atoms with van der Waals surface area (Å²) in [5, 5.41) is 3.47. The lowest BCUT2D eigenvalue weighted by Gasteiger charge is -2.27. The second-order valence-corrected chi connectivity index (χ2v) is 7.74. The number of rotatable bonds is 8. The molecule has 0 aromatic heterocycles. The summed E-state index contributed by atoms with van der Waals surface area (Å²) < 4.78 is 10.7. The molecule has 0 bridgehead atoms. The predicted molar refractivity (Wildman–Crippen MR) is 115 cm³/mol. The third-order valence-electron chi connectivity index (χ3n) is 5.60. The molecule has 7 heteroatoms. The van der Waals surface area contributed by atoms with Crippen LogP contribution in [-0.4, -0.2) is 70.4 Å². The number of carbonyl (C=O) groups excluding carboxylic acids is 1. The Labute approximate surface area is 174 Å². The fraction of sp³-hybridized carbons (Fsp3) is 0.636. The molecule has 1 N–H and O–H groups in total. The second kappa shape index (κ2) is 11.2.